The molecule has 0 saturated heterocycles. The first-order valence-corrected chi connectivity index (χ1v) is 6.87. The normalized spacial score (nSPS) is 12.3. The van der Waals surface area contributed by atoms with Crippen LogP contribution in [0.15, 0.2) is 0 Å². The second-order valence-electron chi connectivity index (χ2n) is 4.97. The van der Waals surface area contributed by atoms with Crippen LogP contribution in [0.4, 0.5) is 11.9 Å². The molecule has 1 aromatic heterocycles. The third-order valence-corrected chi connectivity index (χ3v) is 2.99. The SMILES string of the molecule is CCCOc1nc(NC)nc(NCC(C)C(C)C)n1. The number of rotatable bonds is 8. The second-order valence-corrected chi connectivity index (χ2v) is 4.97. The average molecular weight is 267 g/mol. The Balaban J connectivity index is 2.70. The Labute approximate surface area is 115 Å². The molecule has 6 nitrogen and oxygen atoms in total. The fourth-order valence-corrected chi connectivity index (χ4v) is 1.29. The van der Waals surface area contributed by atoms with Crippen molar-refractivity contribution in [2.45, 2.75) is 34.1 Å². The fourth-order valence-electron chi connectivity index (χ4n) is 1.29. The molecule has 0 aliphatic rings. The van der Waals surface area contributed by atoms with Gasteiger partial charge in [-0.15, -0.1) is 0 Å². The summed E-state index contributed by atoms with van der Waals surface area (Å²) in [6, 6.07) is 0.362. The predicted molar refractivity (Wildman–Crippen MR) is 77.7 cm³/mol. The van der Waals surface area contributed by atoms with Gasteiger partial charge in [-0.25, -0.2) is 0 Å². The molecule has 0 fully saturated rings. The summed E-state index contributed by atoms with van der Waals surface area (Å²) in [5, 5.41) is 6.15. The van der Waals surface area contributed by atoms with Crippen LogP contribution in [0.3, 0.4) is 0 Å². The van der Waals surface area contributed by atoms with E-state index in [4.69, 9.17) is 4.74 Å². The topological polar surface area (TPSA) is 72.0 Å². The highest BCUT2D eigenvalue weighted by Gasteiger charge is 2.10. The van der Waals surface area contributed by atoms with Crippen molar-refractivity contribution in [3.05, 3.63) is 0 Å². The number of ether oxygens (including phenoxy) is 1. The Morgan fingerprint density at radius 1 is 1.11 bits per heavy atom. The first-order chi connectivity index (χ1) is 9.06. The van der Waals surface area contributed by atoms with Crippen LogP contribution in [0.25, 0.3) is 0 Å². The van der Waals surface area contributed by atoms with E-state index in [9.17, 15) is 0 Å². The molecule has 0 aromatic carbocycles. The van der Waals surface area contributed by atoms with Crippen molar-refractivity contribution >= 4 is 11.9 Å². The summed E-state index contributed by atoms with van der Waals surface area (Å²) in [7, 11) is 1.78. The van der Waals surface area contributed by atoms with Crippen LogP contribution in [0, 0.1) is 11.8 Å². The maximum absolute atomic E-state index is 5.45. The summed E-state index contributed by atoms with van der Waals surface area (Å²) >= 11 is 0. The van der Waals surface area contributed by atoms with E-state index in [1.807, 2.05) is 6.92 Å². The van der Waals surface area contributed by atoms with Crippen molar-refractivity contribution in [1.82, 2.24) is 15.0 Å². The van der Waals surface area contributed by atoms with Gasteiger partial charge in [0.1, 0.15) is 0 Å². The number of aromatic nitrogens is 3. The monoisotopic (exact) mass is 267 g/mol. The zero-order valence-corrected chi connectivity index (χ0v) is 12.5. The molecular weight excluding hydrogens is 242 g/mol. The number of anilines is 2. The van der Waals surface area contributed by atoms with Crippen molar-refractivity contribution in [2.75, 3.05) is 30.8 Å². The smallest absolute Gasteiger partial charge is 0.323 e. The van der Waals surface area contributed by atoms with Crippen LogP contribution in [0.1, 0.15) is 34.1 Å². The van der Waals surface area contributed by atoms with E-state index >= 15 is 0 Å². The quantitative estimate of drug-likeness (QED) is 0.753. The maximum atomic E-state index is 5.45. The summed E-state index contributed by atoms with van der Waals surface area (Å²) < 4.78 is 5.45. The molecular formula is C13H25N5O. The lowest BCUT2D eigenvalue weighted by molar-refractivity contribution is 0.292. The summed E-state index contributed by atoms with van der Waals surface area (Å²) in [6.07, 6.45) is 0.924. The van der Waals surface area contributed by atoms with Gasteiger partial charge in [0.05, 0.1) is 6.61 Å². The van der Waals surface area contributed by atoms with Crippen LogP contribution in [-0.2, 0) is 0 Å². The summed E-state index contributed by atoms with van der Waals surface area (Å²) in [5.41, 5.74) is 0. The summed E-state index contributed by atoms with van der Waals surface area (Å²) in [5.74, 6) is 2.24. The molecule has 1 atom stereocenters. The number of hydrogen-bond donors (Lipinski definition) is 2. The molecule has 1 rings (SSSR count). The standard InChI is InChI=1S/C13H25N5O/c1-6-7-19-13-17-11(14-5)16-12(18-13)15-8-10(4)9(2)3/h9-10H,6-8H2,1-5H3,(H2,14,15,16,17,18). The van der Waals surface area contributed by atoms with Gasteiger partial charge in [0.15, 0.2) is 0 Å². The lowest BCUT2D eigenvalue weighted by atomic mass is 9.98. The van der Waals surface area contributed by atoms with Gasteiger partial charge in [-0.2, -0.15) is 15.0 Å². The van der Waals surface area contributed by atoms with Gasteiger partial charge in [0, 0.05) is 13.6 Å². The number of hydrogen-bond acceptors (Lipinski definition) is 6. The number of nitrogens with zero attached hydrogens (tertiary/aromatic N) is 3. The van der Waals surface area contributed by atoms with Crippen molar-refractivity contribution in [3.8, 4) is 6.01 Å². The van der Waals surface area contributed by atoms with Gasteiger partial charge in [-0.3, -0.25) is 0 Å². The zero-order valence-electron chi connectivity index (χ0n) is 12.5. The van der Waals surface area contributed by atoms with Crippen molar-refractivity contribution in [3.63, 3.8) is 0 Å². The molecule has 0 aliphatic carbocycles. The Morgan fingerprint density at radius 2 is 1.79 bits per heavy atom. The molecule has 0 bridgehead atoms. The lowest BCUT2D eigenvalue weighted by Crippen LogP contribution is -2.18. The highest BCUT2D eigenvalue weighted by Crippen LogP contribution is 2.13. The Hall–Kier alpha value is -1.59. The first kappa shape index (κ1) is 15.5. The molecule has 0 amide bonds. The van der Waals surface area contributed by atoms with E-state index < -0.39 is 0 Å². The third-order valence-electron chi connectivity index (χ3n) is 2.99. The van der Waals surface area contributed by atoms with Gasteiger partial charge in [-0.1, -0.05) is 27.7 Å². The molecule has 108 valence electrons. The minimum absolute atomic E-state index is 0.362. The lowest BCUT2D eigenvalue weighted by Gasteiger charge is -2.16. The van der Waals surface area contributed by atoms with Gasteiger partial charge in [-0.05, 0) is 18.3 Å². The molecule has 2 N–H and O–H groups in total. The maximum Gasteiger partial charge on any atom is 0.323 e. The van der Waals surface area contributed by atoms with E-state index in [2.05, 4.69) is 46.4 Å². The molecule has 0 aliphatic heterocycles. The Bertz CT molecular complexity index is 383. The average Bonchev–Trinajstić information content (AvgIpc) is 2.42. The highest BCUT2D eigenvalue weighted by molar-refractivity contribution is 5.35. The fraction of sp³-hybridized carbons (Fsp3) is 0.769. The van der Waals surface area contributed by atoms with E-state index in [1.165, 1.54) is 0 Å². The van der Waals surface area contributed by atoms with Crippen molar-refractivity contribution in [1.29, 1.82) is 0 Å². The summed E-state index contributed by atoms with van der Waals surface area (Å²) in [4.78, 5) is 12.7. The van der Waals surface area contributed by atoms with E-state index in [1.54, 1.807) is 7.05 Å². The zero-order chi connectivity index (χ0) is 14.3. The molecule has 19 heavy (non-hydrogen) atoms. The molecule has 0 radical (unpaired) electrons. The highest BCUT2D eigenvalue weighted by atomic mass is 16.5. The van der Waals surface area contributed by atoms with Crippen molar-refractivity contribution < 1.29 is 4.74 Å². The Morgan fingerprint density at radius 3 is 2.37 bits per heavy atom. The molecule has 0 saturated carbocycles. The number of nitrogens with one attached hydrogen (secondary N) is 2. The first-order valence-electron chi connectivity index (χ1n) is 6.87. The van der Waals surface area contributed by atoms with Crippen LogP contribution < -0.4 is 15.4 Å². The van der Waals surface area contributed by atoms with E-state index in [0.29, 0.717) is 36.3 Å². The van der Waals surface area contributed by atoms with Gasteiger partial charge in [0.25, 0.3) is 0 Å². The van der Waals surface area contributed by atoms with Crippen LogP contribution in [0.5, 0.6) is 6.01 Å². The van der Waals surface area contributed by atoms with E-state index in [-0.39, 0.29) is 0 Å². The molecule has 1 unspecified atom stereocenters. The predicted octanol–water partition coefficient (Wildman–Crippen LogP) is 2.41. The third kappa shape index (κ3) is 5.28. The van der Waals surface area contributed by atoms with Crippen LogP contribution in [-0.4, -0.2) is 35.2 Å². The largest absolute Gasteiger partial charge is 0.463 e. The van der Waals surface area contributed by atoms with Crippen LogP contribution in [0.2, 0.25) is 0 Å². The molecule has 1 aromatic rings. The summed E-state index contributed by atoms with van der Waals surface area (Å²) in [6.45, 7) is 10.1. The molecule has 1 heterocycles. The minimum atomic E-state index is 0.362. The Kier molecular flexibility index (Phi) is 6.32. The molecule has 0 spiro atoms. The van der Waals surface area contributed by atoms with Gasteiger partial charge in [0.2, 0.25) is 11.9 Å². The van der Waals surface area contributed by atoms with Gasteiger partial charge >= 0.3 is 6.01 Å². The van der Waals surface area contributed by atoms with Crippen molar-refractivity contribution in [2.24, 2.45) is 11.8 Å². The van der Waals surface area contributed by atoms with Crippen LogP contribution >= 0.6 is 0 Å². The van der Waals surface area contributed by atoms with Gasteiger partial charge < -0.3 is 15.4 Å². The van der Waals surface area contributed by atoms with E-state index in [0.717, 1.165) is 13.0 Å². The second kappa shape index (κ2) is 7.76. The molecule has 6 heteroatoms. The minimum Gasteiger partial charge on any atom is -0.463 e.